The highest BCUT2D eigenvalue weighted by atomic mass is 79.9. The van der Waals surface area contributed by atoms with Crippen LogP contribution in [0.4, 0.5) is 4.39 Å². The van der Waals surface area contributed by atoms with Gasteiger partial charge in [0, 0.05) is 21.8 Å². The van der Waals surface area contributed by atoms with Gasteiger partial charge in [-0.15, -0.1) is 11.6 Å². The van der Waals surface area contributed by atoms with Gasteiger partial charge >= 0.3 is 0 Å². The number of benzene rings is 2. The molecule has 0 spiro atoms. The van der Waals surface area contributed by atoms with E-state index in [4.69, 9.17) is 23.2 Å². The van der Waals surface area contributed by atoms with Crippen LogP contribution in [0, 0.1) is 5.82 Å². The highest BCUT2D eigenvalue weighted by Crippen LogP contribution is 2.27. The lowest BCUT2D eigenvalue weighted by Gasteiger charge is -2.09. The van der Waals surface area contributed by atoms with Crippen molar-refractivity contribution in [1.29, 1.82) is 0 Å². The number of aromatic nitrogens is 2. The Morgan fingerprint density at radius 2 is 2.00 bits per heavy atom. The van der Waals surface area contributed by atoms with Gasteiger partial charge in [0.2, 0.25) is 0 Å². The van der Waals surface area contributed by atoms with Crippen LogP contribution in [0.2, 0.25) is 5.02 Å². The third kappa shape index (κ3) is 2.93. The SMILES string of the molecule is Fc1cc(Cl)cc(-n2c(CCCl)nc3cc(Br)ccc32)c1. The van der Waals surface area contributed by atoms with Crippen LogP contribution in [-0.2, 0) is 6.42 Å². The Labute approximate surface area is 139 Å². The minimum Gasteiger partial charge on any atom is -0.296 e. The molecule has 6 heteroatoms. The lowest BCUT2D eigenvalue weighted by Crippen LogP contribution is -2.02. The number of imidazole rings is 1. The number of aryl methyl sites for hydroxylation is 1. The van der Waals surface area contributed by atoms with E-state index in [1.165, 1.54) is 12.1 Å². The molecule has 1 aromatic heterocycles. The predicted octanol–water partition coefficient (Wildman–Crippen LogP) is 5.36. The smallest absolute Gasteiger partial charge is 0.126 e. The van der Waals surface area contributed by atoms with Gasteiger partial charge in [0.1, 0.15) is 11.6 Å². The van der Waals surface area contributed by atoms with E-state index in [9.17, 15) is 4.39 Å². The zero-order valence-electron chi connectivity index (χ0n) is 10.8. The van der Waals surface area contributed by atoms with Crippen LogP contribution >= 0.6 is 39.1 Å². The van der Waals surface area contributed by atoms with Crippen molar-refractivity contribution in [3.8, 4) is 5.69 Å². The topological polar surface area (TPSA) is 17.8 Å². The molecule has 0 saturated carbocycles. The van der Waals surface area contributed by atoms with Gasteiger partial charge < -0.3 is 0 Å². The van der Waals surface area contributed by atoms with Crippen molar-refractivity contribution in [3.63, 3.8) is 0 Å². The molecule has 2 aromatic carbocycles. The Hall–Kier alpha value is -1.10. The first kappa shape index (κ1) is 14.8. The highest BCUT2D eigenvalue weighted by Gasteiger charge is 2.13. The van der Waals surface area contributed by atoms with Gasteiger partial charge in [0.25, 0.3) is 0 Å². The first-order valence-electron chi connectivity index (χ1n) is 6.28. The molecule has 3 aromatic rings. The van der Waals surface area contributed by atoms with Crippen molar-refractivity contribution in [1.82, 2.24) is 9.55 Å². The lowest BCUT2D eigenvalue weighted by molar-refractivity contribution is 0.626. The van der Waals surface area contributed by atoms with Crippen molar-refractivity contribution in [2.75, 3.05) is 5.88 Å². The maximum Gasteiger partial charge on any atom is 0.126 e. The molecule has 108 valence electrons. The first-order chi connectivity index (χ1) is 10.1. The Morgan fingerprint density at radius 1 is 1.19 bits per heavy atom. The van der Waals surface area contributed by atoms with Gasteiger partial charge in [-0.05, 0) is 36.4 Å². The Kier molecular flexibility index (Phi) is 4.20. The number of alkyl halides is 1. The van der Waals surface area contributed by atoms with E-state index in [1.807, 2.05) is 22.8 Å². The fourth-order valence-electron chi connectivity index (χ4n) is 2.31. The van der Waals surface area contributed by atoms with E-state index in [0.717, 1.165) is 21.3 Å². The van der Waals surface area contributed by atoms with E-state index in [0.29, 0.717) is 23.0 Å². The molecule has 0 aliphatic heterocycles. The lowest BCUT2D eigenvalue weighted by atomic mass is 10.2. The molecule has 0 bridgehead atoms. The fraction of sp³-hybridized carbons (Fsp3) is 0.133. The van der Waals surface area contributed by atoms with Gasteiger partial charge in [-0.2, -0.15) is 0 Å². The quantitative estimate of drug-likeness (QED) is 0.553. The summed E-state index contributed by atoms with van der Waals surface area (Å²) in [4.78, 5) is 4.58. The molecule has 21 heavy (non-hydrogen) atoms. The second kappa shape index (κ2) is 5.95. The second-order valence-corrected chi connectivity index (χ2v) is 6.29. The minimum absolute atomic E-state index is 0.348. The summed E-state index contributed by atoms with van der Waals surface area (Å²) in [5, 5.41) is 0.348. The molecule has 0 radical (unpaired) electrons. The molecule has 1 heterocycles. The third-order valence-electron chi connectivity index (χ3n) is 3.11. The van der Waals surface area contributed by atoms with Crippen LogP contribution in [0.15, 0.2) is 40.9 Å². The van der Waals surface area contributed by atoms with Crippen LogP contribution in [0.3, 0.4) is 0 Å². The van der Waals surface area contributed by atoms with Crippen LogP contribution in [-0.4, -0.2) is 15.4 Å². The molecule has 0 N–H and O–H groups in total. The molecule has 0 unspecified atom stereocenters. The monoisotopic (exact) mass is 386 g/mol. The largest absolute Gasteiger partial charge is 0.296 e. The normalized spacial score (nSPS) is 11.2. The average Bonchev–Trinajstić information content (AvgIpc) is 2.75. The van der Waals surface area contributed by atoms with Crippen molar-refractivity contribution in [2.24, 2.45) is 0 Å². The number of fused-ring (bicyclic) bond motifs is 1. The van der Waals surface area contributed by atoms with Gasteiger partial charge in [0.05, 0.1) is 16.7 Å². The molecule has 3 rings (SSSR count). The van der Waals surface area contributed by atoms with Gasteiger partial charge in [-0.1, -0.05) is 27.5 Å². The van der Waals surface area contributed by atoms with Gasteiger partial charge in [-0.25, -0.2) is 9.37 Å². The summed E-state index contributed by atoms with van der Waals surface area (Å²) in [6.45, 7) is 0. The maximum atomic E-state index is 13.6. The van der Waals surface area contributed by atoms with Crippen molar-refractivity contribution in [3.05, 3.63) is 57.5 Å². The molecule has 0 aliphatic rings. The molecular weight excluding hydrogens is 378 g/mol. The average molecular weight is 388 g/mol. The third-order valence-corrected chi connectivity index (χ3v) is 4.01. The van der Waals surface area contributed by atoms with Crippen LogP contribution in [0.25, 0.3) is 16.7 Å². The molecule has 0 fully saturated rings. The Bertz CT molecular complexity index is 797. The molecule has 0 saturated heterocycles. The summed E-state index contributed by atoms with van der Waals surface area (Å²) in [5.41, 5.74) is 2.36. The Morgan fingerprint density at radius 3 is 2.71 bits per heavy atom. The predicted molar refractivity (Wildman–Crippen MR) is 88.2 cm³/mol. The summed E-state index contributed by atoms with van der Waals surface area (Å²) >= 11 is 15.2. The summed E-state index contributed by atoms with van der Waals surface area (Å²) in [7, 11) is 0. The number of rotatable bonds is 3. The number of hydrogen-bond acceptors (Lipinski definition) is 1. The first-order valence-corrected chi connectivity index (χ1v) is 7.98. The Balaban J connectivity index is 2.30. The molecule has 0 amide bonds. The highest BCUT2D eigenvalue weighted by molar-refractivity contribution is 9.10. The van der Waals surface area contributed by atoms with Crippen molar-refractivity contribution < 1.29 is 4.39 Å². The van der Waals surface area contributed by atoms with Crippen molar-refractivity contribution in [2.45, 2.75) is 6.42 Å². The molecule has 2 nitrogen and oxygen atoms in total. The maximum absolute atomic E-state index is 13.6. The van der Waals surface area contributed by atoms with E-state index in [-0.39, 0.29) is 5.82 Å². The van der Waals surface area contributed by atoms with E-state index < -0.39 is 0 Å². The van der Waals surface area contributed by atoms with E-state index in [1.54, 1.807) is 6.07 Å². The number of hydrogen-bond donors (Lipinski definition) is 0. The molecule has 0 atom stereocenters. The molecule has 0 aliphatic carbocycles. The standard InChI is InChI=1S/C15H10BrCl2FN2/c16-9-1-2-14-13(5-9)20-15(3-4-17)21(14)12-7-10(18)6-11(19)8-12/h1-2,5-8H,3-4H2. The van der Waals surface area contributed by atoms with Gasteiger partial charge in [-0.3, -0.25) is 4.57 Å². The fourth-order valence-corrected chi connectivity index (χ4v) is 3.05. The summed E-state index contributed by atoms with van der Waals surface area (Å²) in [6, 6.07) is 10.2. The minimum atomic E-state index is -0.381. The van der Waals surface area contributed by atoms with Crippen LogP contribution < -0.4 is 0 Å². The van der Waals surface area contributed by atoms with Crippen molar-refractivity contribution >= 4 is 50.2 Å². The summed E-state index contributed by atoms with van der Waals surface area (Å²) in [5.74, 6) is 0.834. The zero-order valence-corrected chi connectivity index (χ0v) is 13.9. The van der Waals surface area contributed by atoms with E-state index >= 15 is 0 Å². The van der Waals surface area contributed by atoms with E-state index in [2.05, 4.69) is 20.9 Å². The number of nitrogens with zero attached hydrogens (tertiary/aromatic N) is 2. The summed E-state index contributed by atoms with van der Waals surface area (Å²) in [6.07, 6.45) is 0.585. The van der Waals surface area contributed by atoms with Crippen LogP contribution in [0.5, 0.6) is 0 Å². The molecular formula is C15H10BrCl2FN2. The second-order valence-electron chi connectivity index (χ2n) is 4.56. The van der Waals surface area contributed by atoms with Crippen LogP contribution in [0.1, 0.15) is 5.82 Å². The zero-order chi connectivity index (χ0) is 15.0. The summed E-state index contributed by atoms with van der Waals surface area (Å²) < 4.78 is 16.5. The van der Waals surface area contributed by atoms with Gasteiger partial charge in [0.15, 0.2) is 0 Å². The number of halogens is 4.